The second-order valence-corrected chi connectivity index (χ2v) is 19.3. The Hall–Kier alpha value is -4.94. The number of carbonyl (C=O) groups excluding carboxylic acids is 3. The van der Waals surface area contributed by atoms with E-state index in [0.717, 1.165) is 17.4 Å². The van der Waals surface area contributed by atoms with Crippen molar-refractivity contribution in [3.05, 3.63) is 77.3 Å². The summed E-state index contributed by atoms with van der Waals surface area (Å²) in [5.41, 5.74) is -3.39. The molecule has 2 saturated carbocycles. The molecule has 59 heavy (non-hydrogen) atoms. The van der Waals surface area contributed by atoms with Crippen molar-refractivity contribution >= 4 is 66.6 Å². The fourth-order valence-electron chi connectivity index (χ4n) is 7.33. The van der Waals surface area contributed by atoms with Crippen LogP contribution >= 0.6 is 22.9 Å². The van der Waals surface area contributed by atoms with Crippen molar-refractivity contribution in [2.24, 2.45) is 11.3 Å². The van der Waals surface area contributed by atoms with Crippen molar-refractivity contribution in [3.63, 3.8) is 0 Å². The summed E-state index contributed by atoms with van der Waals surface area (Å²) in [5.74, 6) is -2.13. The van der Waals surface area contributed by atoms with Crippen molar-refractivity contribution < 1.29 is 45.4 Å². The van der Waals surface area contributed by atoms with Gasteiger partial charge in [-0.2, -0.15) is 13.2 Å². The molecule has 0 radical (unpaired) electrons. The molecule has 4 aromatic rings. The molecule has 19 heteroatoms. The number of nitrogens with zero attached hydrogens (tertiary/aromatic N) is 3. The summed E-state index contributed by atoms with van der Waals surface area (Å²) in [6.45, 7) is 8.99. The van der Waals surface area contributed by atoms with Crippen LogP contribution in [0.15, 0.2) is 66.7 Å². The van der Waals surface area contributed by atoms with E-state index >= 15 is 0 Å². The van der Waals surface area contributed by atoms with Crippen molar-refractivity contribution in [2.45, 2.75) is 81.6 Å². The average Bonchev–Trinajstić information content (AvgIpc) is 4.06. The number of carbonyl (C=O) groups is 3. The Balaban J connectivity index is 1.20. The highest BCUT2D eigenvalue weighted by atomic mass is 35.5. The number of sulfonamides is 1. The second kappa shape index (κ2) is 15.6. The molecule has 0 unspecified atom stereocenters. The van der Waals surface area contributed by atoms with E-state index in [-0.39, 0.29) is 41.7 Å². The van der Waals surface area contributed by atoms with Gasteiger partial charge in [-0.1, -0.05) is 56.6 Å². The third-order valence-corrected chi connectivity index (χ3v) is 13.6. The van der Waals surface area contributed by atoms with Gasteiger partial charge in [0, 0.05) is 39.1 Å². The lowest BCUT2D eigenvalue weighted by molar-refractivity contribution is -0.141. The number of hydrogen-bond acceptors (Lipinski definition) is 11. The molecule has 13 nitrogen and oxygen atoms in total. The van der Waals surface area contributed by atoms with Gasteiger partial charge in [-0.15, -0.1) is 17.9 Å². The minimum Gasteiger partial charge on any atom is -0.494 e. The van der Waals surface area contributed by atoms with Crippen molar-refractivity contribution in [3.8, 4) is 22.9 Å². The summed E-state index contributed by atoms with van der Waals surface area (Å²) in [4.78, 5) is 53.1. The van der Waals surface area contributed by atoms with E-state index in [2.05, 4.69) is 31.9 Å². The number of pyridine rings is 1. The summed E-state index contributed by atoms with van der Waals surface area (Å²) in [6, 6.07) is 7.84. The number of methoxy groups -OCH3 is 1. The van der Waals surface area contributed by atoms with Crippen LogP contribution in [-0.4, -0.2) is 83.6 Å². The number of rotatable bonds is 13. The number of alkyl halides is 3. The second-order valence-electron chi connectivity index (χ2n) is 16.0. The number of hydrogen-bond donors (Lipinski definition) is 3. The van der Waals surface area contributed by atoms with E-state index in [9.17, 15) is 36.0 Å². The Morgan fingerprint density at radius 3 is 2.49 bits per heavy atom. The molecule has 314 valence electrons. The number of nitrogens with one attached hydrogen (secondary N) is 3. The number of thiazole rings is 1. The van der Waals surface area contributed by atoms with Crippen molar-refractivity contribution in [1.82, 2.24) is 24.9 Å². The molecule has 3 amide bonds. The standard InChI is InChI=1S/C40H42ClF3N6O7S2/c1-6-21-17-39(21,36(53)49-59(54,55)24-12-13-24)48-33(51)30-16-23(57-34-27-15-22(41)11-14-25(27)31(56-5)18-45-34)19-50(30)35(52)32(38(2,3)4)47-37-46-29(20-58-37)26-9-7-8-10-28(26)40(42,43)44/h6-11,14-15,18,20-21,23-24,30,32H,1,12-13,16-17,19H2,2-5H3,(H,46,47)(H,48,51)(H,49,53)/t21-,23-,30+,32-,39-/m1/s1. The zero-order valence-electron chi connectivity index (χ0n) is 32.4. The largest absolute Gasteiger partial charge is 0.494 e. The van der Waals surface area contributed by atoms with Crippen molar-refractivity contribution in [2.75, 3.05) is 19.0 Å². The van der Waals surface area contributed by atoms with Gasteiger partial charge in [0.15, 0.2) is 5.13 Å². The number of fused-ring (bicyclic) bond motifs is 1. The Kier molecular flexibility index (Phi) is 11.1. The lowest BCUT2D eigenvalue weighted by Crippen LogP contribution is -2.58. The van der Waals surface area contributed by atoms with Crippen LogP contribution in [0.4, 0.5) is 18.3 Å². The molecule has 2 aromatic carbocycles. The number of likely N-dealkylation sites (tertiary alicyclic amines) is 1. The minimum absolute atomic E-state index is 0.0589. The maximum atomic E-state index is 14.8. The van der Waals surface area contributed by atoms with E-state index in [0.29, 0.717) is 34.4 Å². The van der Waals surface area contributed by atoms with Gasteiger partial charge >= 0.3 is 6.18 Å². The summed E-state index contributed by atoms with van der Waals surface area (Å²) < 4.78 is 81.2. The van der Waals surface area contributed by atoms with Gasteiger partial charge in [-0.05, 0) is 48.9 Å². The van der Waals surface area contributed by atoms with E-state index in [1.54, 1.807) is 39.0 Å². The predicted octanol–water partition coefficient (Wildman–Crippen LogP) is 6.58. The Morgan fingerprint density at radius 1 is 1.12 bits per heavy atom. The maximum Gasteiger partial charge on any atom is 0.417 e. The lowest BCUT2D eigenvalue weighted by Gasteiger charge is -2.35. The van der Waals surface area contributed by atoms with Gasteiger partial charge in [0.25, 0.3) is 5.91 Å². The molecule has 1 saturated heterocycles. The minimum atomic E-state index is -4.63. The molecular weight excluding hydrogens is 833 g/mol. The predicted molar refractivity (Wildman–Crippen MR) is 217 cm³/mol. The third kappa shape index (κ3) is 8.57. The van der Waals surface area contributed by atoms with Crippen LogP contribution < -0.4 is 24.8 Å². The monoisotopic (exact) mass is 874 g/mol. The Labute approximate surface area is 347 Å². The molecule has 3 heterocycles. The summed E-state index contributed by atoms with van der Waals surface area (Å²) >= 11 is 7.37. The highest BCUT2D eigenvalue weighted by Crippen LogP contribution is 2.46. The molecule has 7 rings (SSSR count). The molecule has 1 aliphatic heterocycles. The van der Waals surface area contributed by atoms with E-state index < -0.39 is 79.8 Å². The fraction of sp³-hybridized carbons (Fsp3) is 0.425. The molecule has 2 aromatic heterocycles. The molecule has 3 fully saturated rings. The van der Waals surface area contributed by atoms with Crippen LogP contribution in [0.1, 0.15) is 52.0 Å². The first-order valence-electron chi connectivity index (χ1n) is 18.7. The number of amides is 3. The number of ether oxygens (including phenoxy) is 2. The number of anilines is 1. The highest BCUT2D eigenvalue weighted by Gasteiger charge is 2.62. The topological polar surface area (TPSA) is 169 Å². The first-order chi connectivity index (χ1) is 27.8. The molecular formula is C40H42ClF3N6O7S2. The first-order valence-corrected chi connectivity index (χ1v) is 21.5. The average molecular weight is 875 g/mol. The van der Waals surface area contributed by atoms with Gasteiger partial charge in [0.05, 0.1) is 36.4 Å². The van der Waals surface area contributed by atoms with Gasteiger partial charge in [-0.25, -0.2) is 18.4 Å². The van der Waals surface area contributed by atoms with Crippen LogP contribution in [0.5, 0.6) is 11.6 Å². The lowest BCUT2D eigenvalue weighted by atomic mass is 9.85. The molecule has 5 atom stereocenters. The summed E-state index contributed by atoms with van der Waals surface area (Å²) in [7, 11) is -2.46. The number of benzene rings is 2. The number of aromatic nitrogens is 2. The molecule has 0 bridgehead atoms. The van der Waals surface area contributed by atoms with Gasteiger partial charge in [0.1, 0.15) is 29.5 Å². The zero-order chi connectivity index (χ0) is 42.7. The number of halogens is 4. The van der Waals surface area contributed by atoms with Crippen LogP contribution in [-0.2, 0) is 30.6 Å². The smallest absolute Gasteiger partial charge is 0.417 e. The molecule has 2 aliphatic carbocycles. The maximum absolute atomic E-state index is 14.8. The van der Waals surface area contributed by atoms with Crippen LogP contribution in [0.2, 0.25) is 5.02 Å². The van der Waals surface area contributed by atoms with Gasteiger partial charge < -0.3 is 25.0 Å². The molecule has 3 N–H and O–H groups in total. The third-order valence-electron chi connectivity index (χ3n) is 10.8. The fourth-order valence-corrected chi connectivity index (χ4v) is 9.60. The van der Waals surface area contributed by atoms with Crippen LogP contribution in [0.25, 0.3) is 22.0 Å². The van der Waals surface area contributed by atoms with Gasteiger partial charge in [0.2, 0.25) is 27.7 Å². The van der Waals surface area contributed by atoms with E-state index in [4.69, 9.17) is 21.1 Å². The van der Waals surface area contributed by atoms with Gasteiger partial charge in [-0.3, -0.25) is 19.1 Å². The highest BCUT2D eigenvalue weighted by molar-refractivity contribution is 7.91. The Bertz CT molecular complexity index is 2440. The summed E-state index contributed by atoms with van der Waals surface area (Å²) in [6.07, 6.45) is -1.63. The van der Waals surface area contributed by atoms with Crippen molar-refractivity contribution in [1.29, 1.82) is 0 Å². The summed E-state index contributed by atoms with van der Waals surface area (Å²) in [5, 5.41) is 8.41. The molecule has 3 aliphatic rings. The Morgan fingerprint density at radius 2 is 1.85 bits per heavy atom. The molecule has 0 spiro atoms. The zero-order valence-corrected chi connectivity index (χ0v) is 34.8. The first kappa shape index (κ1) is 42.2. The van der Waals surface area contributed by atoms with Crippen LogP contribution in [0, 0.1) is 11.3 Å². The van der Waals surface area contributed by atoms with E-state index in [1.807, 2.05) is 0 Å². The normalized spacial score (nSPS) is 22.4. The quantitative estimate of drug-likeness (QED) is 0.125. The van der Waals surface area contributed by atoms with Crippen LogP contribution in [0.3, 0.4) is 0 Å². The SMILES string of the molecule is C=C[C@@H]1C[C@]1(NC(=O)[C@@H]1C[C@@H](Oc2ncc(OC)c3ccc(Cl)cc23)CN1C(=O)[C@@H](Nc1nc(-c2ccccc2C(F)(F)F)cs1)C(C)(C)C)C(=O)NS(=O)(=O)C1CC1. The van der Waals surface area contributed by atoms with E-state index in [1.165, 1.54) is 47.9 Å².